The molecule has 7 rings (SSSR count). The van der Waals surface area contributed by atoms with Gasteiger partial charge in [-0.2, -0.15) is 0 Å². The van der Waals surface area contributed by atoms with Crippen molar-refractivity contribution in [1.82, 2.24) is 4.90 Å². The van der Waals surface area contributed by atoms with Gasteiger partial charge in [-0.15, -0.1) is 6.58 Å². The van der Waals surface area contributed by atoms with Crippen molar-refractivity contribution in [1.29, 1.82) is 0 Å². The van der Waals surface area contributed by atoms with Crippen molar-refractivity contribution in [2.75, 3.05) is 39.6 Å². The summed E-state index contributed by atoms with van der Waals surface area (Å²) in [5.41, 5.74) is 2.46. The topological polar surface area (TPSA) is 129 Å². The van der Waals surface area contributed by atoms with E-state index < -0.39 is 30.1 Å². The largest absolute Gasteiger partial charge is 0.459 e. The lowest BCUT2D eigenvalue weighted by Gasteiger charge is -2.60. The third kappa shape index (κ3) is 10.3. The summed E-state index contributed by atoms with van der Waals surface area (Å²) in [4.78, 5) is 22.6. The molecule has 1 amide bonds. The third-order valence-corrected chi connectivity index (χ3v) is 12.7. The van der Waals surface area contributed by atoms with Crippen molar-refractivity contribution in [3.63, 3.8) is 0 Å². The molecule has 1 saturated heterocycles. The minimum atomic E-state index is -1.38. The summed E-state index contributed by atoms with van der Waals surface area (Å²) in [6.45, 7) is 13.9. The molecule has 0 aromatic heterocycles. The zero-order chi connectivity index (χ0) is 43.7. The number of carbonyl (C=O) groups is 1. The van der Waals surface area contributed by atoms with Crippen LogP contribution in [-0.2, 0) is 19.0 Å². The van der Waals surface area contributed by atoms with Gasteiger partial charge in [0.1, 0.15) is 23.3 Å². The molecule has 0 radical (unpaired) electrons. The highest BCUT2D eigenvalue weighted by molar-refractivity contribution is 6.03. The number of allylic oxidation sites excluding steroid dienone is 1. The molecule has 11 heteroatoms. The predicted molar refractivity (Wildman–Crippen MR) is 241 cm³/mol. The van der Waals surface area contributed by atoms with Crippen LogP contribution in [0.4, 0.5) is 4.79 Å². The average molecular weight is 853 g/mol. The lowest BCUT2D eigenvalue weighted by Crippen LogP contribution is -2.70. The summed E-state index contributed by atoms with van der Waals surface area (Å²) in [6.07, 6.45) is 11.6. The van der Waals surface area contributed by atoms with Crippen molar-refractivity contribution in [2.45, 2.75) is 122 Å². The maximum absolute atomic E-state index is 14.5. The van der Waals surface area contributed by atoms with E-state index in [1.807, 2.05) is 51.1 Å². The first-order valence-corrected chi connectivity index (χ1v) is 23.0. The van der Waals surface area contributed by atoms with E-state index in [1.165, 1.54) is 0 Å². The van der Waals surface area contributed by atoms with Gasteiger partial charge in [0, 0.05) is 44.1 Å². The fourth-order valence-electron chi connectivity index (χ4n) is 9.97. The van der Waals surface area contributed by atoms with E-state index >= 15 is 0 Å². The normalized spacial score (nSPS) is 26.2. The van der Waals surface area contributed by atoms with Crippen LogP contribution >= 0.6 is 0 Å². The highest BCUT2D eigenvalue weighted by Gasteiger charge is 2.65. The van der Waals surface area contributed by atoms with Gasteiger partial charge in [0.2, 0.25) is 12.1 Å². The molecule has 11 nitrogen and oxygen atoms in total. The third-order valence-electron chi connectivity index (χ3n) is 12.7. The number of carbonyl (C=O) groups excluding carboxylic acids is 1. The van der Waals surface area contributed by atoms with Crippen LogP contribution in [-0.4, -0.2) is 84.6 Å². The zero-order valence-electron chi connectivity index (χ0n) is 37.3. The second kappa shape index (κ2) is 20.8. The smallest absolute Gasteiger partial charge is 0.410 e. The summed E-state index contributed by atoms with van der Waals surface area (Å²) < 4.78 is 33.3. The molecule has 2 aliphatic carbocycles. The Morgan fingerprint density at radius 2 is 1.74 bits per heavy atom. The summed E-state index contributed by atoms with van der Waals surface area (Å²) >= 11 is 0. The van der Waals surface area contributed by atoms with Gasteiger partial charge in [0.15, 0.2) is 0 Å². The molecule has 7 unspecified atom stereocenters. The molecule has 2 aliphatic heterocycles. The fourth-order valence-corrected chi connectivity index (χ4v) is 9.97. The monoisotopic (exact) mass is 852 g/mol. The van der Waals surface area contributed by atoms with E-state index in [-0.39, 0.29) is 49.6 Å². The Balaban J connectivity index is 1.42. The van der Waals surface area contributed by atoms with Gasteiger partial charge >= 0.3 is 6.09 Å². The second-order valence-electron chi connectivity index (χ2n) is 18.6. The number of benzene rings is 3. The molecule has 3 aromatic rings. The van der Waals surface area contributed by atoms with Crippen LogP contribution in [0.3, 0.4) is 0 Å². The molecule has 0 spiro atoms. The second-order valence-corrected chi connectivity index (χ2v) is 18.6. The number of fused-ring (bicyclic) bond motifs is 3. The highest BCUT2D eigenvalue weighted by atomic mass is 16.8. The Morgan fingerprint density at radius 3 is 2.47 bits per heavy atom. The first kappa shape index (κ1) is 45.6. The number of amides is 1. The fraction of sp³-hybridized carbons (Fsp3) is 0.569. The number of rotatable bonds is 19. The van der Waals surface area contributed by atoms with Gasteiger partial charge < -0.3 is 38.7 Å². The van der Waals surface area contributed by atoms with E-state index in [0.717, 1.165) is 78.3 Å². The van der Waals surface area contributed by atoms with Gasteiger partial charge in [-0.25, -0.2) is 4.79 Å². The van der Waals surface area contributed by atoms with E-state index in [1.54, 1.807) is 11.0 Å². The molecular formula is C51H68N2O9. The summed E-state index contributed by atoms with van der Waals surface area (Å²) in [5, 5.41) is 27.1. The lowest BCUT2D eigenvalue weighted by molar-refractivity contribution is -0.255. The maximum atomic E-state index is 14.5. The number of aliphatic hydroxyl groups excluding tert-OH is 2. The molecule has 3 aromatic carbocycles. The van der Waals surface area contributed by atoms with Crippen LogP contribution in [0.2, 0.25) is 0 Å². The Morgan fingerprint density at radius 1 is 0.984 bits per heavy atom. The summed E-state index contributed by atoms with van der Waals surface area (Å²) in [7, 11) is 0. The molecular weight excluding hydrogens is 785 g/mol. The molecule has 1 saturated carbocycles. The Bertz CT molecular complexity index is 2040. The van der Waals surface area contributed by atoms with Crippen LogP contribution in [0.15, 0.2) is 90.1 Å². The highest BCUT2D eigenvalue weighted by Crippen LogP contribution is 2.62. The Hall–Kier alpha value is -4.42. The zero-order valence-corrected chi connectivity index (χ0v) is 37.3. The molecule has 62 heavy (non-hydrogen) atoms. The summed E-state index contributed by atoms with van der Waals surface area (Å²) in [5.74, 6) is 0.252. The SMILES string of the molecule is C=CCOC12Oc3ccc(Oc4ccc5ccccc5c4)cc3C3C(CCCCO)C(CCCCO)C=C(C(=NOC4CCCCO4)CC1N(CCC)C(=O)OCC(C)(C)C)C32. The lowest BCUT2D eigenvalue weighted by atomic mass is 9.55. The van der Waals surface area contributed by atoms with Gasteiger partial charge in [0.05, 0.1) is 31.5 Å². The molecule has 336 valence electrons. The van der Waals surface area contributed by atoms with Crippen LogP contribution < -0.4 is 9.47 Å². The van der Waals surface area contributed by atoms with Crippen molar-refractivity contribution < 1.29 is 43.5 Å². The first-order valence-electron chi connectivity index (χ1n) is 23.0. The molecule has 2 fully saturated rings. The van der Waals surface area contributed by atoms with Crippen molar-refractivity contribution in [3.8, 4) is 17.2 Å². The standard InChI is InChI=1S/C51H68N2O9/c1-6-25-53(49(56)58-34-50(3,4)5)45-33-43(52-62-46-20-12-15-29-57-46)41-31-37(18-10-13-26-54)40(19-11-14-27-55)47-42-32-39(60-38-22-21-35-16-8-9-17-36(35)30-38)23-24-44(42)61-51(45,48(41)47)59-28-7-2/h7-9,16-17,21-24,30-32,37,40,45-48,54-55H,2,6,10-15,18-20,25-29,33-34H2,1,3-5H3. The average Bonchev–Trinajstić information content (AvgIpc) is 3.27. The van der Waals surface area contributed by atoms with Gasteiger partial charge in [-0.3, -0.25) is 4.90 Å². The number of nitrogens with zero attached hydrogens (tertiary/aromatic N) is 2. The van der Waals surface area contributed by atoms with E-state index in [4.69, 9.17) is 33.7 Å². The number of aliphatic hydroxyl groups is 2. The van der Waals surface area contributed by atoms with Crippen molar-refractivity contribution in [3.05, 3.63) is 90.5 Å². The Kier molecular flexibility index (Phi) is 15.3. The minimum absolute atomic E-state index is 0.0781. The van der Waals surface area contributed by atoms with Crippen LogP contribution in [0, 0.1) is 23.2 Å². The number of ether oxygens (including phenoxy) is 5. The van der Waals surface area contributed by atoms with Crippen LogP contribution in [0.1, 0.15) is 110 Å². The number of unbranched alkanes of at least 4 members (excludes halogenated alkanes) is 2. The first-order chi connectivity index (χ1) is 30.1. The quantitative estimate of drug-likeness (QED) is 0.0688. The van der Waals surface area contributed by atoms with Crippen molar-refractivity contribution in [2.24, 2.45) is 28.3 Å². The van der Waals surface area contributed by atoms with E-state index in [2.05, 4.69) is 49.9 Å². The number of oxime groups is 1. The van der Waals surface area contributed by atoms with Crippen LogP contribution in [0.25, 0.3) is 10.8 Å². The molecule has 2 heterocycles. The van der Waals surface area contributed by atoms with Crippen molar-refractivity contribution >= 4 is 22.6 Å². The van der Waals surface area contributed by atoms with E-state index in [0.29, 0.717) is 50.3 Å². The molecule has 7 atom stereocenters. The maximum Gasteiger partial charge on any atom is 0.410 e. The van der Waals surface area contributed by atoms with Gasteiger partial charge in [0.25, 0.3) is 0 Å². The number of hydrogen-bond acceptors (Lipinski definition) is 10. The van der Waals surface area contributed by atoms with Crippen LogP contribution in [0.5, 0.6) is 17.2 Å². The Labute approximate surface area is 368 Å². The van der Waals surface area contributed by atoms with E-state index in [9.17, 15) is 15.0 Å². The van der Waals surface area contributed by atoms with Gasteiger partial charge in [-0.05, 0) is 109 Å². The minimum Gasteiger partial charge on any atom is -0.459 e. The molecule has 2 N–H and O–H groups in total. The molecule has 4 aliphatic rings. The number of hydrogen-bond donors (Lipinski definition) is 2. The summed E-state index contributed by atoms with van der Waals surface area (Å²) in [6, 6.07) is 19.7. The molecule has 0 bridgehead atoms. The van der Waals surface area contributed by atoms with Gasteiger partial charge in [-0.1, -0.05) is 88.2 Å². The predicted octanol–water partition coefficient (Wildman–Crippen LogP) is 10.7.